The number of carbonyl (C=O) groups excluding carboxylic acids is 3. The highest BCUT2D eigenvalue weighted by molar-refractivity contribution is 6.16. The van der Waals surface area contributed by atoms with E-state index in [1.54, 1.807) is 37.3 Å². The second-order valence-electron chi connectivity index (χ2n) is 6.58. The number of Topliss-reactive ketones (excluding diaryl/α,β-unsaturated/α-hetero) is 1. The van der Waals surface area contributed by atoms with Gasteiger partial charge in [0.1, 0.15) is 6.04 Å². The van der Waals surface area contributed by atoms with Gasteiger partial charge in [0.05, 0.1) is 6.54 Å². The summed E-state index contributed by atoms with van der Waals surface area (Å²) in [7, 11) is 0. The van der Waals surface area contributed by atoms with Crippen LogP contribution < -0.4 is 14.4 Å². The maximum absolute atomic E-state index is 12.8. The lowest BCUT2D eigenvalue weighted by atomic mass is 10.1. The molecule has 0 bridgehead atoms. The minimum atomic E-state index is -0.662. The molecule has 2 heterocycles. The molecule has 1 fully saturated rings. The maximum atomic E-state index is 12.8. The molecule has 0 aliphatic carbocycles. The topological polar surface area (TPSA) is 76.2 Å². The van der Waals surface area contributed by atoms with E-state index in [0.29, 0.717) is 22.7 Å². The summed E-state index contributed by atoms with van der Waals surface area (Å²) in [6, 6.07) is 11.0. The molecule has 3 amide bonds. The maximum Gasteiger partial charge on any atom is 0.332 e. The Morgan fingerprint density at radius 2 is 1.78 bits per heavy atom. The Morgan fingerprint density at radius 3 is 2.52 bits per heavy atom. The summed E-state index contributed by atoms with van der Waals surface area (Å²) in [6.07, 6.45) is 0. The quantitative estimate of drug-likeness (QED) is 0.614. The number of imide groups is 1. The van der Waals surface area contributed by atoms with Crippen LogP contribution in [-0.2, 0) is 4.79 Å². The molecule has 0 saturated carbocycles. The first-order valence-corrected chi connectivity index (χ1v) is 8.60. The fourth-order valence-electron chi connectivity index (χ4n) is 3.22. The largest absolute Gasteiger partial charge is 0.454 e. The molecule has 0 unspecified atom stereocenters. The summed E-state index contributed by atoms with van der Waals surface area (Å²) < 4.78 is 10.5. The fourth-order valence-corrected chi connectivity index (χ4v) is 3.22. The number of nitrogens with zero attached hydrogens (tertiary/aromatic N) is 2. The van der Waals surface area contributed by atoms with E-state index in [0.717, 1.165) is 10.5 Å². The first kappa shape index (κ1) is 17.1. The number of fused-ring (bicyclic) bond motifs is 1. The van der Waals surface area contributed by atoms with Crippen molar-refractivity contribution in [3.8, 4) is 11.5 Å². The van der Waals surface area contributed by atoms with Crippen molar-refractivity contribution in [3.63, 3.8) is 0 Å². The smallest absolute Gasteiger partial charge is 0.332 e. The van der Waals surface area contributed by atoms with Gasteiger partial charge in [0, 0.05) is 11.3 Å². The highest BCUT2D eigenvalue weighted by atomic mass is 16.7. The molecule has 2 aliphatic rings. The minimum absolute atomic E-state index is 0.110. The number of rotatable bonds is 4. The Balaban J connectivity index is 1.55. The number of ether oxygens (including phenoxy) is 2. The van der Waals surface area contributed by atoms with Crippen molar-refractivity contribution in [3.05, 3.63) is 53.6 Å². The summed E-state index contributed by atoms with van der Waals surface area (Å²) >= 11 is 0. The molecule has 0 spiro atoms. The molecular formula is C20H18N2O5. The van der Waals surface area contributed by atoms with Crippen molar-refractivity contribution < 1.29 is 23.9 Å². The van der Waals surface area contributed by atoms with Gasteiger partial charge in [-0.3, -0.25) is 19.4 Å². The van der Waals surface area contributed by atoms with Crippen LogP contribution in [0, 0.1) is 6.92 Å². The van der Waals surface area contributed by atoms with Gasteiger partial charge in [-0.15, -0.1) is 0 Å². The van der Waals surface area contributed by atoms with E-state index in [1.807, 2.05) is 19.1 Å². The van der Waals surface area contributed by atoms with Gasteiger partial charge in [0.2, 0.25) is 6.79 Å². The summed E-state index contributed by atoms with van der Waals surface area (Å²) in [5.74, 6) is 0.316. The van der Waals surface area contributed by atoms with Crippen LogP contribution in [0.15, 0.2) is 42.5 Å². The normalized spacial score (nSPS) is 18.4. The van der Waals surface area contributed by atoms with Crippen LogP contribution in [0.5, 0.6) is 11.5 Å². The Bertz CT molecular complexity index is 938. The van der Waals surface area contributed by atoms with Gasteiger partial charge < -0.3 is 9.47 Å². The number of aryl methyl sites for hydroxylation is 1. The third-order valence-electron chi connectivity index (χ3n) is 4.76. The Kier molecular flexibility index (Phi) is 4.07. The van der Waals surface area contributed by atoms with Crippen molar-refractivity contribution in [2.24, 2.45) is 0 Å². The second-order valence-corrected chi connectivity index (χ2v) is 6.58. The molecule has 7 heteroatoms. The molecule has 0 N–H and O–H groups in total. The van der Waals surface area contributed by atoms with Crippen LogP contribution in [0.3, 0.4) is 0 Å². The standard InChI is InChI=1S/C20H18N2O5/c1-12-3-6-15(7-4-12)22-13(2)19(24)21(20(22)25)10-16(23)14-5-8-17-18(9-14)27-11-26-17/h3-9,13H,10-11H2,1-2H3/t13-/m1/s1. The zero-order chi connectivity index (χ0) is 19.1. The lowest BCUT2D eigenvalue weighted by Gasteiger charge is -2.19. The van der Waals surface area contributed by atoms with Crippen LogP contribution in [0.4, 0.5) is 10.5 Å². The predicted octanol–water partition coefficient (Wildman–Crippen LogP) is 2.76. The number of urea groups is 1. The van der Waals surface area contributed by atoms with E-state index in [4.69, 9.17) is 9.47 Å². The van der Waals surface area contributed by atoms with E-state index >= 15 is 0 Å². The minimum Gasteiger partial charge on any atom is -0.454 e. The lowest BCUT2D eigenvalue weighted by Crippen LogP contribution is -2.37. The van der Waals surface area contributed by atoms with Gasteiger partial charge in [-0.1, -0.05) is 17.7 Å². The molecule has 1 atom stereocenters. The average Bonchev–Trinajstić information content (AvgIpc) is 3.21. The van der Waals surface area contributed by atoms with Crippen molar-refractivity contribution in [1.29, 1.82) is 0 Å². The zero-order valence-electron chi connectivity index (χ0n) is 15.0. The lowest BCUT2D eigenvalue weighted by molar-refractivity contribution is -0.126. The SMILES string of the molecule is Cc1ccc(N2C(=O)N(CC(=O)c3ccc4c(c3)OCO4)C(=O)[C@H]2C)cc1. The van der Waals surface area contributed by atoms with E-state index in [2.05, 4.69) is 0 Å². The third-order valence-corrected chi connectivity index (χ3v) is 4.76. The van der Waals surface area contributed by atoms with Gasteiger partial charge in [-0.05, 0) is 44.2 Å². The third kappa shape index (κ3) is 2.91. The highest BCUT2D eigenvalue weighted by Gasteiger charge is 2.44. The van der Waals surface area contributed by atoms with E-state index in [1.165, 1.54) is 4.90 Å². The summed E-state index contributed by atoms with van der Waals surface area (Å²) in [6.45, 7) is 3.40. The van der Waals surface area contributed by atoms with Crippen molar-refractivity contribution in [1.82, 2.24) is 4.90 Å². The van der Waals surface area contributed by atoms with Crippen LogP contribution in [0.1, 0.15) is 22.8 Å². The van der Waals surface area contributed by atoms with Gasteiger partial charge in [0.15, 0.2) is 17.3 Å². The molecule has 4 rings (SSSR count). The van der Waals surface area contributed by atoms with Gasteiger partial charge >= 0.3 is 6.03 Å². The highest BCUT2D eigenvalue weighted by Crippen LogP contribution is 2.33. The Hall–Kier alpha value is -3.35. The molecule has 1 saturated heterocycles. The van der Waals surface area contributed by atoms with Crippen LogP contribution >= 0.6 is 0 Å². The number of anilines is 1. The first-order valence-electron chi connectivity index (χ1n) is 8.60. The summed E-state index contributed by atoms with van der Waals surface area (Å²) in [5.41, 5.74) is 2.05. The Morgan fingerprint density at radius 1 is 1.07 bits per heavy atom. The molecule has 2 aliphatic heterocycles. The molecule has 7 nitrogen and oxygen atoms in total. The Labute approximate surface area is 156 Å². The second kappa shape index (κ2) is 6.42. The predicted molar refractivity (Wildman–Crippen MR) is 97.1 cm³/mol. The van der Waals surface area contributed by atoms with Gasteiger partial charge in [-0.25, -0.2) is 4.79 Å². The van der Waals surface area contributed by atoms with E-state index < -0.39 is 18.0 Å². The van der Waals surface area contributed by atoms with Crippen molar-refractivity contribution in [2.45, 2.75) is 19.9 Å². The molecule has 2 aromatic rings. The van der Waals surface area contributed by atoms with Crippen LogP contribution in [0.25, 0.3) is 0 Å². The van der Waals surface area contributed by atoms with Crippen molar-refractivity contribution >= 4 is 23.4 Å². The molecule has 138 valence electrons. The molecule has 0 aromatic heterocycles. The first-order chi connectivity index (χ1) is 13.0. The number of hydrogen-bond acceptors (Lipinski definition) is 5. The molecule has 2 aromatic carbocycles. The van der Waals surface area contributed by atoms with Crippen LogP contribution in [0.2, 0.25) is 0 Å². The summed E-state index contributed by atoms with van der Waals surface area (Å²) in [5, 5.41) is 0. The number of amides is 3. The summed E-state index contributed by atoms with van der Waals surface area (Å²) in [4.78, 5) is 40.4. The number of ketones is 1. The molecule has 0 radical (unpaired) electrons. The fraction of sp³-hybridized carbons (Fsp3) is 0.250. The number of carbonyl (C=O) groups is 3. The molecule has 27 heavy (non-hydrogen) atoms. The van der Waals surface area contributed by atoms with Crippen LogP contribution in [-0.4, -0.2) is 42.0 Å². The van der Waals surface area contributed by atoms with Crippen molar-refractivity contribution in [2.75, 3.05) is 18.2 Å². The van der Waals surface area contributed by atoms with Gasteiger partial charge in [0.25, 0.3) is 5.91 Å². The number of hydrogen-bond donors (Lipinski definition) is 0. The van der Waals surface area contributed by atoms with E-state index in [-0.39, 0.29) is 19.1 Å². The van der Waals surface area contributed by atoms with Gasteiger partial charge in [-0.2, -0.15) is 0 Å². The zero-order valence-corrected chi connectivity index (χ0v) is 15.0. The monoisotopic (exact) mass is 366 g/mol. The molecular weight excluding hydrogens is 348 g/mol. The number of benzene rings is 2. The van der Waals surface area contributed by atoms with E-state index in [9.17, 15) is 14.4 Å². The average molecular weight is 366 g/mol.